The maximum Gasteiger partial charge on any atom is 0.243 e. The molecular weight excluding hydrogens is 336 g/mol. The Hall–Kier alpha value is -2.18. The van der Waals surface area contributed by atoms with Crippen LogP contribution in [-0.2, 0) is 10.0 Å². The van der Waals surface area contributed by atoms with Gasteiger partial charge in [0.15, 0.2) is 5.78 Å². The summed E-state index contributed by atoms with van der Waals surface area (Å²) in [5.74, 6) is -0.0734. The molecule has 0 saturated carbocycles. The topological polar surface area (TPSA) is 57.7 Å². The van der Waals surface area contributed by atoms with Gasteiger partial charge in [-0.1, -0.05) is 24.3 Å². The Bertz CT molecular complexity index is 868. The van der Waals surface area contributed by atoms with E-state index in [9.17, 15) is 13.2 Å². The first-order chi connectivity index (χ1) is 11.9. The minimum Gasteiger partial charge on any atom is -0.369 e. The molecule has 0 bridgehead atoms. The molecule has 1 heterocycles. The van der Waals surface area contributed by atoms with Crippen LogP contribution in [0.1, 0.15) is 22.8 Å². The zero-order valence-corrected chi connectivity index (χ0v) is 15.3. The molecule has 1 fully saturated rings. The highest BCUT2D eigenvalue weighted by Gasteiger charge is 2.28. The van der Waals surface area contributed by atoms with E-state index in [2.05, 4.69) is 30.0 Å². The summed E-state index contributed by atoms with van der Waals surface area (Å²) in [5.41, 5.74) is 2.84. The average Bonchev–Trinajstić information content (AvgIpc) is 2.62. The average molecular weight is 358 g/mol. The van der Waals surface area contributed by atoms with E-state index >= 15 is 0 Å². The fraction of sp³-hybridized carbons (Fsp3) is 0.316. The van der Waals surface area contributed by atoms with E-state index in [-0.39, 0.29) is 10.7 Å². The third-order valence-electron chi connectivity index (χ3n) is 4.50. The molecule has 0 radical (unpaired) electrons. The van der Waals surface area contributed by atoms with Gasteiger partial charge in [-0.05, 0) is 43.7 Å². The minimum absolute atomic E-state index is 0.0734. The number of nitrogens with zero attached hydrogens (tertiary/aromatic N) is 2. The molecule has 1 aliphatic rings. The number of sulfonamides is 1. The first-order valence-corrected chi connectivity index (χ1v) is 9.75. The largest absolute Gasteiger partial charge is 0.369 e. The molecule has 3 rings (SSSR count). The molecule has 1 aliphatic heterocycles. The standard InChI is InChI=1S/C19H22N2O3S/c1-15-4-3-5-18(14-15)20-10-12-21(13-11-20)25(23,24)19-8-6-17(7-9-19)16(2)22/h3-9,14H,10-13H2,1-2H3. The van der Waals surface area contributed by atoms with Gasteiger partial charge in [0, 0.05) is 37.4 Å². The molecule has 132 valence electrons. The Morgan fingerprint density at radius 3 is 2.16 bits per heavy atom. The number of aryl methyl sites for hydroxylation is 1. The zero-order valence-electron chi connectivity index (χ0n) is 14.5. The van der Waals surface area contributed by atoms with Gasteiger partial charge in [-0.2, -0.15) is 4.31 Å². The summed E-state index contributed by atoms with van der Waals surface area (Å²) < 4.78 is 27.1. The Morgan fingerprint density at radius 1 is 0.960 bits per heavy atom. The Morgan fingerprint density at radius 2 is 1.60 bits per heavy atom. The lowest BCUT2D eigenvalue weighted by Gasteiger charge is -2.35. The molecule has 0 unspecified atom stereocenters. The highest BCUT2D eigenvalue weighted by atomic mass is 32.2. The van der Waals surface area contributed by atoms with Crippen LogP contribution < -0.4 is 4.90 Å². The quantitative estimate of drug-likeness (QED) is 0.789. The van der Waals surface area contributed by atoms with Crippen molar-refractivity contribution >= 4 is 21.5 Å². The summed E-state index contributed by atoms with van der Waals surface area (Å²) in [6.07, 6.45) is 0. The fourth-order valence-corrected chi connectivity index (χ4v) is 4.44. The summed E-state index contributed by atoms with van der Waals surface area (Å²) in [5, 5.41) is 0. The van der Waals surface area contributed by atoms with Crippen LogP contribution in [0.2, 0.25) is 0 Å². The van der Waals surface area contributed by atoms with E-state index in [0.717, 1.165) is 5.69 Å². The van der Waals surface area contributed by atoms with Crippen molar-refractivity contribution in [3.8, 4) is 0 Å². The van der Waals surface area contributed by atoms with Gasteiger partial charge in [0.05, 0.1) is 4.90 Å². The summed E-state index contributed by atoms with van der Waals surface area (Å²) in [4.78, 5) is 13.8. The Labute approximate surface area is 148 Å². The Kier molecular flexibility index (Phi) is 4.92. The summed E-state index contributed by atoms with van der Waals surface area (Å²) in [7, 11) is -3.52. The molecule has 0 spiro atoms. The molecule has 1 saturated heterocycles. The molecule has 0 aliphatic carbocycles. The van der Waals surface area contributed by atoms with Crippen LogP contribution in [0.15, 0.2) is 53.4 Å². The van der Waals surface area contributed by atoms with Crippen LogP contribution >= 0.6 is 0 Å². The van der Waals surface area contributed by atoms with E-state index in [0.29, 0.717) is 31.7 Å². The number of hydrogen-bond donors (Lipinski definition) is 0. The van der Waals surface area contributed by atoms with Gasteiger partial charge in [0.2, 0.25) is 10.0 Å². The van der Waals surface area contributed by atoms with E-state index in [1.807, 2.05) is 6.07 Å². The van der Waals surface area contributed by atoms with Gasteiger partial charge in [0.1, 0.15) is 0 Å². The third kappa shape index (κ3) is 3.75. The number of carbonyl (C=O) groups is 1. The van der Waals surface area contributed by atoms with E-state index in [1.165, 1.54) is 28.9 Å². The van der Waals surface area contributed by atoms with Gasteiger partial charge in [-0.3, -0.25) is 4.79 Å². The molecule has 0 aromatic heterocycles. The van der Waals surface area contributed by atoms with Gasteiger partial charge >= 0.3 is 0 Å². The number of piperazine rings is 1. The smallest absolute Gasteiger partial charge is 0.243 e. The maximum absolute atomic E-state index is 12.8. The van der Waals surface area contributed by atoms with Crippen molar-refractivity contribution in [3.63, 3.8) is 0 Å². The second-order valence-corrected chi connectivity index (χ2v) is 8.25. The first-order valence-electron chi connectivity index (χ1n) is 8.31. The molecule has 2 aromatic carbocycles. The maximum atomic E-state index is 12.8. The zero-order chi connectivity index (χ0) is 18.0. The van der Waals surface area contributed by atoms with Crippen LogP contribution in [0, 0.1) is 6.92 Å². The number of ketones is 1. The van der Waals surface area contributed by atoms with Crippen molar-refractivity contribution < 1.29 is 13.2 Å². The fourth-order valence-electron chi connectivity index (χ4n) is 3.02. The van der Waals surface area contributed by atoms with E-state index in [1.54, 1.807) is 12.1 Å². The number of anilines is 1. The van der Waals surface area contributed by atoms with Crippen LogP contribution in [0.25, 0.3) is 0 Å². The molecular formula is C19H22N2O3S. The lowest BCUT2D eigenvalue weighted by molar-refractivity contribution is 0.101. The molecule has 6 heteroatoms. The molecule has 0 N–H and O–H groups in total. The van der Waals surface area contributed by atoms with Crippen molar-refractivity contribution in [2.45, 2.75) is 18.7 Å². The number of hydrogen-bond acceptors (Lipinski definition) is 4. The second-order valence-electron chi connectivity index (χ2n) is 6.31. The van der Waals surface area contributed by atoms with Gasteiger partial charge < -0.3 is 4.90 Å². The van der Waals surface area contributed by atoms with Crippen molar-refractivity contribution in [2.75, 3.05) is 31.1 Å². The van der Waals surface area contributed by atoms with Crippen molar-refractivity contribution in [2.24, 2.45) is 0 Å². The number of rotatable bonds is 4. The summed E-state index contributed by atoms with van der Waals surface area (Å²) in [6.45, 7) is 5.74. The van der Waals surface area contributed by atoms with Crippen molar-refractivity contribution in [1.82, 2.24) is 4.31 Å². The normalized spacial score (nSPS) is 16.0. The molecule has 25 heavy (non-hydrogen) atoms. The predicted molar refractivity (Wildman–Crippen MR) is 98.6 cm³/mol. The van der Waals surface area contributed by atoms with Crippen molar-refractivity contribution in [1.29, 1.82) is 0 Å². The highest BCUT2D eigenvalue weighted by molar-refractivity contribution is 7.89. The van der Waals surface area contributed by atoms with Crippen LogP contribution in [0.5, 0.6) is 0 Å². The summed E-state index contributed by atoms with van der Waals surface area (Å²) in [6, 6.07) is 14.4. The summed E-state index contributed by atoms with van der Waals surface area (Å²) >= 11 is 0. The van der Waals surface area contributed by atoms with Crippen LogP contribution in [0.3, 0.4) is 0 Å². The lowest BCUT2D eigenvalue weighted by Crippen LogP contribution is -2.48. The molecule has 0 atom stereocenters. The number of Topliss-reactive ketones (excluding diaryl/α,β-unsaturated/α-hetero) is 1. The van der Waals surface area contributed by atoms with Gasteiger partial charge in [0.25, 0.3) is 0 Å². The first kappa shape index (κ1) is 17.6. The highest BCUT2D eigenvalue weighted by Crippen LogP contribution is 2.22. The molecule has 2 aromatic rings. The number of carbonyl (C=O) groups excluding carboxylic acids is 1. The van der Waals surface area contributed by atoms with Gasteiger partial charge in [-0.15, -0.1) is 0 Å². The van der Waals surface area contributed by atoms with Crippen LogP contribution in [0.4, 0.5) is 5.69 Å². The monoisotopic (exact) mass is 358 g/mol. The SMILES string of the molecule is CC(=O)c1ccc(S(=O)(=O)N2CCN(c3cccc(C)c3)CC2)cc1. The van der Waals surface area contributed by atoms with Crippen LogP contribution in [-0.4, -0.2) is 44.7 Å². The number of benzene rings is 2. The minimum atomic E-state index is -3.52. The van der Waals surface area contributed by atoms with E-state index in [4.69, 9.17) is 0 Å². The predicted octanol–water partition coefficient (Wildman–Crippen LogP) is 2.71. The molecule has 5 nitrogen and oxygen atoms in total. The van der Waals surface area contributed by atoms with Crippen molar-refractivity contribution in [3.05, 3.63) is 59.7 Å². The second kappa shape index (κ2) is 6.98. The third-order valence-corrected chi connectivity index (χ3v) is 6.42. The van der Waals surface area contributed by atoms with Gasteiger partial charge in [-0.25, -0.2) is 8.42 Å². The van der Waals surface area contributed by atoms with E-state index < -0.39 is 10.0 Å². The lowest BCUT2D eigenvalue weighted by atomic mass is 10.2. The Balaban J connectivity index is 1.72. The molecule has 0 amide bonds.